The van der Waals surface area contributed by atoms with Crippen molar-refractivity contribution < 1.29 is 24.0 Å². The summed E-state index contributed by atoms with van der Waals surface area (Å²) in [5.41, 5.74) is -1.19. The SMILES string of the molecule is O=C(O)C1(CNc2cc(F)cc([N+](=O)[O-])c2)CCOCC1. The normalized spacial score (nSPS) is 17.2. The van der Waals surface area contributed by atoms with E-state index >= 15 is 0 Å². The number of hydrogen-bond donors (Lipinski definition) is 2. The van der Waals surface area contributed by atoms with Crippen molar-refractivity contribution in [1.82, 2.24) is 0 Å². The van der Waals surface area contributed by atoms with Crippen molar-refractivity contribution in [1.29, 1.82) is 0 Å². The maximum Gasteiger partial charge on any atom is 0.311 e. The number of hydrogen-bond acceptors (Lipinski definition) is 5. The van der Waals surface area contributed by atoms with E-state index < -0.39 is 22.1 Å². The van der Waals surface area contributed by atoms with Crippen LogP contribution in [0.4, 0.5) is 15.8 Å². The lowest BCUT2D eigenvalue weighted by Gasteiger charge is -2.33. The van der Waals surface area contributed by atoms with Crippen LogP contribution < -0.4 is 5.32 Å². The number of benzene rings is 1. The van der Waals surface area contributed by atoms with Gasteiger partial charge in [-0.25, -0.2) is 4.39 Å². The molecule has 1 aromatic carbocycles. The van der Waals surface area contributed by atoms with Crippen LogP contribution in [-0.2, 0) is 9.53 Å². The van der Waals surface area contributed by atoms with E-state index in [1.807, 2.05) is 0 Å². The Morgan fingerprint density at radius 1 is 1.43 bits per heavy atom. The maximum absolute atomic E-state index is 13.3. The number of carboxylic acid groups (broad SMARTS) is 1. The molecule has 1 saturated heterocycles. The zero-order valence-corrected chi connectivity index (χ0v) is 11.2. The van der Waals surface area contributed by atoms with Crippen molar-refractivity contribution >= 4 is 17.3 Å². The second-order valence-corrected chi connectivity index (χ2v) is 5.01. The van der Waals surface area contributed by atoms with Crippen molar-refractivity contribution in [3.05, 3.63) is 34.1 Å². The van der Waals surface area contributed by atoms with Gasteiger partial charge in [0.25, 0.3) is 5.69 Å². The number of non-ortho nitro benzene ring substituents is 1. The molecular weight excluding hydrogens is 283 g/mol. The summed E-state index contributed by atoms with van der Waals surface area (Å²) >= 11 is 0. The molecule has 2 N–H and O–H groups in total. The number of nitro benzene ring substituents is 1. The van der Waals surface area contributed by atoms with E-state index in [1.165, 1.54) is 6.07 Å². The van der Waals surface area contributed by atoms with Crippen molar-refractivity contribution in [2.75, 3.05) is 25.1 Å². The highest BCUT2D eigenvalue weighted by Crippen LogP contribution is 2.31. The first-order valence-electron chi connectivity index (χ1n) is 6.43. The molecule has 0 amide bonds. The Bertz CT molecular complexity index is 557. The first kappa shape index (κ1) is 15.2. The molecule has 21 heavy (non-hydrogen) atoms. The number of nitrogens with zero attached hydrogens (tertiary/aromatic N) is 1. The second kappa shape index (κ2) is 6.04. The number of nitro groups is 1. The van der Waals surface area contributed by atoms with Gasteiger partial charge in [-0.2, -0.15) is 0 Å². The summed E-state index contributed by atoms with van der Waals surface area (Å²) in [5, 5.41) is 22.9. The Balaban J connectivity index is 2.14. The summed E-state index contributed by atoms with van der Waals surface area (Å²) in [5.74, 6) is -1.70. The average molecular weight is 298 g/mol. The largest absolute Gasteiger partial charge is 0.481 e. The molecule has 0 spiro atoms. The van der Waals surface area contributed by atoms with Crippen LogP contribution in [-0.4, -0.2) is 35.8 Å². The zero-order chi connectivity index (χ0) is 15.5. The fraction of sp³-hybridized carbons (Fsp3) is 0.462. The summed E-state index contributed by atoms with van der Waals surface area (Å²) in [6, 6.07) is 3.09. The zero-order valence-electron chi connectivity index (χ0n) is 11.2. The van der Waals surface area contributed by atoms with Crippen molar-refractivity contribution in [2.24, 2.45) is 5.41 Å². The van der Waals surface area contributed by atoms with Crippen LogP contribution in [0.25, 0.3) is 0 Å². The number of carbonyl (C=O) groups is 1. The maximum atomic E-state index is 13.3. The highest BCUT2D eigenvalue weighted by Gasteiger charge is 2.40. The summed E-state index contributed by atoms with van der Waals surface area (Å²) in [7, 11) is 0. The lowest BCUT2D eigenvalue weighted by atomic mass is 9.80. The average Bonchev–Trinajstić information content (AvgIpc) is 2.45. The summed E-state index contributed by atoms with van der Waals surface area (Å²) in [4.78, 5) is 21.4. The molecule has 1 aliphatic heterocycles. The van der Waals surface area contributed by atoms with Gasteiger partial charge in [0.2, 0.25) is 0 Å². The number of aliphatic carboxylic acids is 1. The molecule has 1 heterocycles. The van der Waals surface area contributed by atoms with Gasteiger partial charge in [0.15, 0.2) is 0 Å². The Morgan fingerprint density at radius 2 is 2.10 bits per heavy atom. The fourth-order valence-corrected chi connectivity index (χ4v) is 2.28. The Hall–Kier alpha value is -2.22. The predicted molar refractivity (Wildman–Crippen MR) is 71.7 cm³/mol. The van der Waals surface area contributed by atoms with Crippen molar-refractivity contribution in [3.8, 4) is 0 Å². The van der Waals surface area contributed by atoms with Crippen LogP contribution in [0, 0.1) is 21.3 Å². The topological polar surface area (TPSA) is 102 Å². The number of rotatable bonds is 5. The first-order valence-corrected chi connectivity index (χ1v) is 6.43. The Labute approximate surface area is 119 Å². The highest BCUT2D eigenvalue weighted by molar-refractivity contribution is 5.75. The molecule has 0 saturated carbocycles. The molecule has 0 aliphatic carbocycles. The highest BCUT2D eigenvalue weighted by atomic mass is 19.1. The lowest BCUT2D eigenvalue weighted by Crippen LogP contribution is -2.42. The summed E-state index contributed by atoms with van der Waals surface area (Å²) in [6.07, 6.45) is 0.680. The van der Waals surface area contributed by atoms with Crippen LogP contribution in [0.5, 0.6) is 0 Å². The molecule has 1 fully saturated rings. The van der Waals surface area contributed by atoms with Crippen LogP contribution in [0.1, 0.15) is 12.8 Å². The molecule has 0 unspecified atom stereocenters. The van der Waals surface area contributed by atoms with E-state index in [0.717, 1.165) is 12.1 Å². The van der Waals surface area contributed by atoms with Gasteiger partial charge in [0.05, 0.1) is 16.4 Å². The molecule has 1 aliphatic rings. The first-order chi connectivity index (χ1) is 9.93. The van der Waals surface area contributed by atoms with Gasteiger partial charge >= 0.3 is 5.97 Å². The molecule has 0 aromatic heterocycles. The van der Waals surface area contributed by atoms with Gasteiger partial charge in [-0.1, -0.05) is 0 Å². The summed E-state index contributed by atoms with van der Waals surface area (Å²) < 4.78 is 18.5. The van der Waals surface area contributed by atoms with Crippen LogP contribution >= 0.6 is 0 Å². The molecule has 7 nitrogen and oxygen atoms in total. The van der Waals surface area contributed by atoms with Gasteiger partial charge < -0.3 is 15.2 Å². The van der Waals surface area contributed by atoms with Crippen LogP contribution in [0.3, 0.4) is 0 Å². The van der Waals surface area contributed by atoms with E-state index in [4.69, 9.17) is 4.74 Å². The van der Waals surface area contributed by atoms with Gasteiger partial charge in [-0.05, 0) is 18.9 Å². The predicted octanol–water partition coefficient (Wildman–Crippen LogP) is 2.03. The third kappa shape index (κ3) is 3.46. The molecule has 114 valence electrons. The number of carboxylic acids is 1. The Morgan fingerprint density at radius 3 is 2.67 bits per heavy atom. The van der Waals surface area contributed by atoms with Crippen molar-refractivity contribution in [2.45, 2.75) is 12.8 Å². The standard InChI is InChI=1S/C13H15FN2O5/c14-9-5-10(7-11(6-9)16(19)20)15-8-13(12(17)18)1-3-21-4-2-13/h5-7,15H,1-4,8H2,(H,17,18). The van der Waals surface area contributed by atoms with Gasteiger partial charge in [-0.3, -0.25) is 14.9 Å². The molecule has 8 heteroatoms. The van der Waals surface area contributed by atoms with Gasteiger partial charge in [0, 0.05) is 31.5 Å². The van der Waals surface area contributed by atoms with Crippen LogP contribution in [0.15, 0.2) is 18.2 Å². The number of ether oxygens (including phenoxy) is 1. The quantitative estimate of drug-likeness (QED) is 0.637. The van der Waals surface area contributed by atoms with E-state index in [1.54, 1.807) is 0 Å². The fourth-order valence-electron chi connectivity index (χ4n) is 2.28. The third-order valence-electron chi connectivity index (χ3n) is 3.63. The molecular formula is C13H15FN2O5. The minimum atomic E-state index is -1.00. The van der Waals surface area contributed by atoms with Gasteiger partial charge in [-0.15, -0.1) is 0 Å². The molecule has 0 atom stereocenters. The third-order valence-corrected chi connectivity index (χ3v) is 3.63. The van der Waals surface area contributed by atoms with Crippen LogP contribution in [0.2, 0.25) is 0 Å². The lowest BCUT2D eigenvalue weighted by molar-refractivity contribution is -0.385. The smallest absolute Gasteiger partial charge is 0.311 e. The molecule has 1 aromatic rings. The second-order valence-electron chi connectivity index (χ2n) is 5.01. The van der Waals surface area contributed by atoms with E-state index in [0.29, 0.717) is 26.1 Å². The minimum Gasteiger partial charge on any atom is -0.481 e. The monoisotopic (exact) mass is 298 g/mol. The molecule has 0 bridgehead atoms. The van der Waals surface area contributed by atoms with E-state index in [9.17, 15) is 24.4 Å². The molecule has 0 radical (unpaired) electrons. The summed E-state index contributed by atoms with van der Waals surface area (Å²) in [6.45, 7) is 0.751. The van der Waals surface area contributed by atoms with E-state index in [2.05, 4.69) is 5.32 Å². The number of anilines is 1. The number of nitrogens with one attached hydrogen (secondary N) is 1. The van der Waals surface area contributed by atoms with E-state index in [-0.39, 0.29) is 17.9 Å². The minimum absolute atomic E-state index is 0.0618. The number of halogens is 1. The van der Waals surface area contributed by atoms with Crippen molar-refractivity contribution in [3.63, 3.8) is 0 Å². The Kier molecular flexibility index (Phi) is 4.37. The molecule has 2 rings (SSSR count). The van der Waals surface area contributed by atoms with Gasteiger partial charge in [0.1, 0.15) is 5.82 Å².